The van der Waals surface area contributed by atoms with Crippen LogP contribution in [-0.4, -0.2) is 40.4 Å². The van der Waals surface area contributed by atoms with Gasteiger partial charge < -0.3 is 20.1 Å². The number of benzene rings is 2. The van der Waals surface area contributed by atoms with Crippen LogP contribution in [0.2, 0.25) is 5.02 Å². The fraction of sp³-hybridized carbons (Fsp3) is 0.120. The molecule has 196 valence electrons. The number of nitrogens with zero attached hydrogens (tertiary/aromatic N) is 3. The molecule has 0 aliphatic heterocycles. The van der Waals surface area contributed by atoms with Crippen molar-refractivity contribution in [2.24, 2.45) is 0 Å². The summed E-state index contributed by atoms with van der Waals surface area (Å²) in [5, 5.41) is 5.54. The Balaban J connectivity index is 1.55. The third-order valence-electron chi connectivity index (χ3n) is 4.93. The number of hydrogen-bond acceptors (Lipinski definition) is 7. The quantitative estimate of drug-likeness (QED) is 0.230. The first kappa shape index (κ1) is 26.6. The van der Waals surface area contributed by atoms with Crippen molar-refractivity contribution in [2.75, 3.05) is 17.7 Å². The molecule has 0 aliphatic carbocycles. The molecule has 0 bridgehead atoms. The Morgan fingerprint density at radius 2 is 1.82 bits per heavy atom. The zero-order valence-corrected chi connectivity index (χ0v) is 20.2. The molecule has 8 nitrogen and oxygen atoms in total. The first-order valence-electron chi connectivity index (χ1n) is 10.9. The fourth-order valence-corrected chi connectivity index (χ4v) is 3.33. The van der Waals surface area contributed by atoms with Crippen LogP contribution in [-0.2, 0) is 0 Å². The van der Waals surface area contributed by atoms with Crippen molar-refractivity contribution in [3.63, 3.8) is 0 Å². The third kappa shape index (κ3) is 6.27. The molecule has 4 rings (SSSR count). The Morgan fingerprint density at radius 1 is 1.00 bits per heavy atom. The van der Waals surface area contributed by atoms with Crippen LogP contribution in [0.25, 0.3) is 11.3 Å². The number of alkyl halides is 4. The largest absolute Gasteiger partial charge is 0.461 e. The number of nitrogens with one attached hydrogen (secondary N) is 2. The highest BCUT2D eigenvalue weighted by molar-refractivity contribution is 6.34. The molecule has 0 unspecified atom stereocenters. The van der Waals surface area contributed by atoms with Crippen LogP contribution in [0.5, 0.6) is 17.4 Å². The zero-order chi connectivity index (χ0) is 27.3. The van der Waals surface area contributed by atoms with E-state index in [1.54, 1.807) is 37.5 Å². The van der Waals surface area contributed by atoms with E-state index in [9.17, 15) is 22.4 Å². The number of halogens is 5. The van der Waals surface area contributed by atoms with Gasteiger partial charge in [-0.3, -0.25) is 4.79 Å². The molecule has 0 saturated heterocycles. The average molecular weight is 548 g/mol. The van der Waals surface area contributed by atoms with Crippen molar-refractivity contribution in [2.45, 2.75) is 12.5 Å². The highest BCUT2D eigenvalue weighted by atomic mass is 35.5. The Hall–Kier alpha value is -4.45. The van der Waals surface area contributed by atoms with E-state index in [0.717, 1.165) is 12.1 Å². The van der Waals surface area contributed by atoms with Crippen molar-refractivity contribution >= 4 is 29.1 Å². The number of amides is 1. The standard InChI is InChI=1S/C25H18ClF4N5O3/c1-31-24-33-11-9-19(35-24)17-6-3-10-32-22(17)37-15-7-8-18(26)20(13-15)34-21(36)14-4-2-5-16(12-14)38-25(29,30)23(27)28/h2-13,23H,1H3,(H,34,36)(H,31,33,35). The molecule has 2 N–H and O–H groups in total. The van der Waals surface area contributed by atoms with E-state index < -0.39 is 24.2 Å². The van der Waals surface area contributed by atoms with E-state index in [1.165, 1.54) is 30.5 Å². The minimum atomic E-state index is -4.71. The van der Waals surface area contributed by atoms with Gasteiger partial charge in [-0.2, -0.15) is 17.6 Å². The predicted molar refractivity (Wildman–Crippen MR) is 132 cm³/mol. The van der Waals surface area contributed by atoms with Gasteiger partial charge in [-0.1, -0.05) is 17.7 Å². The molecule has 0 aliphatic rings. The Morgan fingerprint density at radius 3 is 2.58 bits per heavy atom. The summed E-state index contributed by atoms with van der Waals surface area (Å²) < 4.78 is 61.4. The zero-order valence-electron chi connectivity index (χ0n) is 19.5. The summed E-state index contributed by atoms with van der Waals surface area (Å²) in [7, 11) is 1.69. The summed E-state index contributed by atoms with van der Waals surface area (Å²) in [6, 6.07) is 14.0. The summed E-state index contributed by atoms with van der Waals surface area (Å²) in [6.45, 7) is 0. The van der Waals surface area contributed by atoms with Gasteiger partial charge in [-0.25, -0.2) is 15.0 Å². The molecule has 4 aromatic rings. The predicted octanol–water partition coefficient (Wildman–Crippen LogP) is 6.52. The normalized spacial score (nSPS) is 11.2. The van der Waals surface area contributed by atoms with Crippen molar-refractivity contribution < 1.29 is 31.8 Å². The van der Waals surface area contributed by atoms with Gasteiger partial charge in [0.1, 0.15) is 11.5 Å². The van der Waals surface area contributed by atoms with Crippen LogP contribution in [0, 0.1) is 0 Å². The number of aromatic nitrogens is 3. The van der Waals surface area contributed by atoms with E-state index >= 15 is 0 Å². The molecular formula is C25H18ClF4N5O3. The van der Waals surface area contributed by atoms with Gasteiger partial charge in [-0.15, -0.1) is 0 Å². The molecular weight excluding hydrogens is 530 g/mol. The Kier molecular flexibility index (Phi) is 7.91. The van der Waals surface area contributed by atoms with Gasteiger partial charge in [0.2, 0.25) is 11.8 Å². The molecule has 1 amide bonds. The summed E-state index contributed by atoms with van der Waals surface area (Å²) in [5.74, 6) is -0.478. The van der Waals surface area contributed by atoms with Gasteiger partial charge in [0.25, 0.3) is 5.91 Å². The second kappa shape index (κ2) is 11.3. The van der Waals surface area contributed by atoms with E-state index in [-0.39, 0.29) is 27.9 Å². The first-order chi connectivity index (χ1) is 18.2. The molecule has 2 aromatic heterocycles. The van der Waals surface area contributed by atoms with Crippen molar-refractivity contribution in [3.8, 4) is 28.6 Å². The lowest BCUT2D eigenvalue weighted by Gasteiger charge is -2.17. The van der Waals surface area contributed by atoms with Crippen LogP contribution in [0.1, 0.15) is 10.4 Å². The monoisotopic (exact) mass is 547 g/mol. The van der Waals surface area contributed by atoms with E-state index in [0.29, 0.717) is 17.2 Å². The molecule has 2 heterocycles. The van der Waals surface area contributed by atoms with Gasteiger partial charge >= 0.3 is 12.5 Å². The number of pyridine rings is 1. The molecule has 2 aromatic carbocycles. The third-order valence-corrected chi connectivity index (χ3v) is 5.26. The number of carbonyl (C=O) groups excluding carboxylic acids is 1. The van der Waals surface area contributed by atoms with Crippen molar-refractivity contribution in [3.05, 3.63) is 83.6 Å². The lowest BCUT2D eigenvalue weighted by molar-refractivity contribution is -0.253. The van der Waals surface area contributed by atoms with Crippen molar-refractivity contribution in [1.82, 2.24) is 15.0 Å². The van der Waals surface area contributed by atoms with Gasteiger partial charge in [0.05, 0.1) is 22.0 Å². The van der Waals surface area contributed by atoms with Crippen molar-refractivity contribution in [1.29, 1.82) is 0 Å². The van der Waals surface area contributed by atoms with Gasteiger partial charge in [0.15, 0.2) is 0 Å². The number of hydrogen-bond donors (Lipinski definition) is 2. The minimum absolute atomic E-state index is 0.133. The smallest absolute Gasteiger partial charge is 0.438 e. The van der Waals surface area contributed by atoms with Crippen LogP contribution >= 0.6 is 11.6 Å². The number of ether oxygens (including phenoxy) is 2. The van der Waals surface area contributed by atoms with E-state index in [2.05, 4.69) is 30.3 Å². The lowest BCUT2D eigenvalue weighted by atomic mass is 10.2. The van der Waals surface area contributed by atoms with E-state index in [4.69, 9.17) is 16.3 Å². The highest BCUT2D eigenvalue weighted by Crippen LogP contribution is 2.34. The summed E-state index contributed by atoms with van der Waals surface area (Å²) in [6.07, 6.45) is -5.64. The number of rotatable bonds is 9. The SMILES string of the molecule is CNc1nccc(-c2cccnc2Oc2ccc(Cl)c(NC(=O)c3cccc(OC(F)(F)C(F)F)c3)c2)n1. The molecule has 38 heavy (non-hydrogen) atoms. The first-order valence-corrected chi connectivity index (χ1v) is 11.2. The highest BCUT2D eigenvalue weighted by Gasteiger charge is 2.44. The molecule has 0 atom stereocenters. The maximum atomic E-state index is 13.2. The van der Waals surface area contributed by atoms with Crippen LogP contribution in [0.3, 0.4) is 0 Å². The van der Waals surface area contributed by atoms with Crippen LogP contribution in [0.15, 0.2) is 73.1 Å². The fourth-order valence-electron chi connectivity index (χ4n) is 3.17. The average Bonchev–Trinajstić information content (AvgIpc) is 2.90. The second-order valence-corrected chi connectivity index (χ2v) is 7.97. The molecule has 0 saturated carbocycles. The van der Waals surface area contributed by atoms with E-state index in [1.807, 2.05) is 0 Å². The maximum Gasteiger partial charge on any atom is 0.461 e. The Bertz CT molecular complexity index is 1460. The minimum Gasteiger partial charge on any atom is -0.438 e. The Labute approximate surface area is 218 Å². The maximum absolute atomic E-state index is 13.2. The number of carbonyl (C=O) groups is 1. The lowest BCUT2D eigenvalue weighted by Crippen LogP contribution is -2.33. The molecule has 0 fully saturated rings. The summed E-state index contributed by atoms with van der Waals surface area (Å²) in [4.78, 5) is 25.5. The molecule has 0 spiro atoms. The topological polar surface area (TPSA) is 98.3 Å². The molecule has 0 radical (unpaired) electrons. The van der Waals surface area contributed by atoms with Crippen LogP contribution < -0.4 is 20.1 Å². The summed E-state index contributed by atoms with van der Waals surface area (Å²) >= 11 is 6.23. The summed E-state index contributed by atoms with van der Waals surface area (Å²) in [5.41, 5.74) is 1.13. The van der Waals surface area contributed by atoms with Gasteiger partial charge in [-0.05, 0) is 48.5 Å². The van der Waals surface area contributed by atoms with Gasteiger partial charge in [0, 0.05) is 31.1 Å². The number of anilines is 2. The second-order valence-electron chi connectivity index (χ2n) is 7.56. The van der Waals surface area contributed by atoms with Crippen LogP contribution in [0.4, 0.5) is 29.2 Å². The molecule has 13 heteroatoms.